The predicted molar refractivity (Wildman–Crippen MR) is 110 cm³/mol. The lowest BCUT2D eigenvalue weighted by atomic mass is 10.2. The molecule has 0 saturated carbocycles. The molecule has 4 aromatic rings. The minimum atomic E-state index is -0.441. The number of aryl methyl sites for hydroxylation is 1. The van der Waals surface area contributed by atoms with Gasteiger partial charge in [0.25, 0.3) is 11.7 Å². The van der Waals surface area contributed by atoms with E-state index in [1.165, 1.54) is 24.5 Å². The smallest absolute Gasteiger partial charge is 0.255 e. The molecule has 0 bridgehead atoms. The van der Waals surface area contributed by atoms with Crippen molar-refractivity contribution in [3.05, 3.63) is 78.0 Å². The summed E-state index contributed by atoms with van der Waals surface area (Å²) in [5.41, 5.74) is 1.89. The highest BCUT2D eigenvalue weighted by Crippen LogP contribution is 2.29. The van der Waals surface area contributed by atoms with Crippen molar-refractivity contribution in [3.8, 4) is 0 Å². The Morgan fingerprint density at radius 1 is 1.17 bits per heavy atom. The molecule has 2 heterocycles. The quantitative estimate of drug-likeness (QED) is 0.472. The van der Waals surface area contributed by atoms with Crippen LogP contribution in [0.2, 0.25) is 0 Å². The molecule has 8 heteroatoms. The standard InChI is InChI=1S/C21H18FN5OS/c1-2-4-17-12-19(27-21(26-17)23-13-24-27)29-18-9-7-16(8-10-18)25-20(28)14-5-3-6-15(22)11-14/h3,5-13H,2,4H2,1H3,(H,25,28). The van der Waals surface area contributed by atoms with E-state index in [9.17, 15) is 9.18 Å². The van der Waals surface area contributed by atoms with Crippen molar-refractivity contribution in [2.24, 2.45) is 0 Å². The molecule has 6 nitrogen and oxygen atoms in total. The number of nitrogens with zero attached hydrogens (tertiary/aromatic N) is 4. The number of amides is 1. The molecule has 0 radical (unpaired) electrons. The molecular weight excluding hydrogens is 389 g/mol. The number of rotatable bonds is 6. The molecule has 146 valence electrons. The summed E-state index contributed by atoms with van der Waals surface area (Å²) in [6.07, 6.45) is 3.37. The Balaban J connectivity index is 1.51. The van der Waals surface area contributed by atoms with Gasteiger partial charge < -0.3 is 5.32 Å². The fraction of sp³-hybridized carbons (Fsp3) is 0.143. The first kappa shape index (κ1) is 19.1. The van der Waals surface area contributed by atoms with Crippen LogP contribution in [-0.2, 0) is 6.42 Å². The Kier molecular flexibility index (Phi) is 5.53. The van der Waals surface area contributed by atoms with Gasteiger partial charge in [-0.3, -0.25) is 4.79 Å². The van der Waals surface area contributed by atoms with Gasteiger partial charge in [-0.05, 0) is 55.0 Å². The normalized spacial score (nSPS) is 11.0. The van der Waals surface area contributed by atoms with Gasteiger partial charge in [0.05, 0.1) is 0 Å². The van der Waals surface area contributed by atoms with Crippen LogP contribution < -0.4 is 5.32 Å². The fourth-order valence-electron chi connectivity index (χ4n) is 2.85. The summed E-state index contributed by atoms with van der Waals surface area (Å²) in [6.45, 7) is 2.11. The van der Waals surface area contributed by atoms with E-state index in [1.54, 1.807) is 22.3 Å². The number of carbonyl (C=O) groups excluding carboxylic acids is 1. The Morgan fingerprint density at radius 2 is 2.00 bits per heavy atom. The highest BCUT2D eigenvalue weighted by Gasteiger charge is 2.10. The van der Waals surface area contributed by atoms with Crippen molar-refractivity contribution in [2.45, 2.75) is 29.7 Å². The van der Waals surface area contributed by atoms with Crippen LogP contribution in [0.4, 0.5) is 10.1 Å². The third kappa shape index (κ3) is 4.43. The molecule has 0 spiro atoms. The highest BCUT2D eigenvalue weighted by molar-refractivity contribution is 7.99. The minimum absolute atomic E-state index is 0.275. The number of carbonyl (C=O) groups is 1. The van der Waals surface area contributed by atoms with Crippen LogP contribution in [0.15, 0.2) is 70.8 Å². The van der Waals surface area contributed by atoms with Gasteiger partial charge in [0.2, 0.25) is 0 Å². The third-order valence-corrected chi connectivity index (χ3v) is 5.21. The average molecular weight is 407 g/mol. The van der Waals surface area contributed by atoms with Crippen LogP contribution in [0, 0.1) is 5.82 Å². The van der Waals surface area contributed by atoms with Crippen LogP contribution >= 0.6 is 11.8 Å². The zero-order chi connectivity index (χ0) is 20.2. The molecule has 29 heavy (non-hydrogen) atoms. The van der Waals surface area contributed by atoms with Crippen molar-refractivity contribution in [3.63, 3.8) is 0 Å². The van der Waals surface area contributed by atoms with Gasteiger partial charge in [-0.15, -0.1) is 0 Å². The van der Waals surface area contributed by atoms with E-state index in [4.69, 9.17) is 0 Å². The molecule has 1 N–H and O–H groups in total. The summed E-state index contributed by atoms with van der Waals surface area (Å²) >= 11 is 1.55. The number of nitrogens with one attached hydrogen (secondary N) is 1. The molecule has 0 fully saturated rings. The average Bonchev–Trinajstić information content (AvgIpc) is 3.19. The van der Waals surface area contributed by atoms with Gasteiger partial charge in [0.15, 0.2) is 0 Å². The molecule has 0 unspecified atom stereocenters. The van der Waals surface area contributed by atoms with Gasteiger partial charge in [-0.1, -0.05) is 31.2 Å². The first-order valence-corrected chi connectivity index (χ1v) is 9.98. The zero-order valence-electron chi connectivity index (χ0n) is 15.7. The first-order valence-electron chi connectivity index (χ1n) is 9.17. The molecule has 0 aliphatic carbocycles. The van der Waals surface area contributed by atoms with Gasteiger partial charge in [-0.25, -0.2) is 9.37 Å². The van der Waals surface area contributed by atoms with E-state index in [-0.39, 0.29) is 11.5 Å². The van der Waals surface area contributed by atoms with Crippen molar-refractivity contribution in [1.29, 1.82) is 0 Å². The predicted octanol–water partition coefficient (Wildman–Crippen LogP) is 4.62. The Morgan fingerprint density at radius 3 is 2.76 bits per heavy atom. The lowest BCUT2D eigenvalue weighted by molar-refractivity contribution is 0.102. The lowest BCUT2D eigenvalue weighted by Crippen LogP contribution is -2.11. The largest absolute Gasteiger partial charge is 0.322 e. The monoisotopic (exact) mass is 407 g/mol. The molecule has 0 aliphatic rings. The van der Waals surface area contributed by atoms with Crippen LogP contribution in [0.1, 0.15) is 29.4 Å². The fourth-order valence-corrected chi connectivity index (χ4v) is 3.77. The Labute approximate surface area is 171 Å². The number of hydrogen-bond acceptors (Lipinski definition) is 5. The highest BCUT2D eigenvalue weighted by atomic mass is 32.2. The summed E-state index contributed by atoms with van der Waals surface area (Å²) in [7, 11) is 0. The van der Waals surface area contributed by atoms with Crippen LogP contribution in [-0.4, -0.2) is 25.5 Å². The second-order valence-corrected chi connectivity index (χ2v) is 7.49. The molecular formula is C21H18FN5OS. The van der Waals surface area contributed by atoms with E-state index in [1.807, 2.05) is 30.3 Å². The van der Waals surface area contributed by atoms with E-state index < -0.39 is 5.82 Å². The number of halogens is 1. The van der Waals surface area contributed by atoms with Gasteiger partial charge in [0, 0.05) is 21.8 Å². The molecule has 2 aromatic carbocycles. The van der Waals surface area contributed by atoms with Crippen molar-refractivity contribution < 1.29 is 9.18 Å². The number of aromatic nitrogens is 4. The SMILES string of the molecule is CCCc1cc(Sc2ccc(NC(=O)c3cccc(F)c3)cc2)n2ncnc2n1. The number of anilines is 1. The molecule has 0 atom stereocenters. The van der Waals surface area contributed by atoms with Gasteiger partial charge in [0.1, 0.15) is 17.2 Å². The van der Waals surface area contributed by atoms with Crippen LogP contribution in [0.25, 0.3) is 5.78 Å². The van der Waals surface area contributed by atoms with E-state index in [0.717, 1.165) is 28.5 Å². The maximum atomic E-state index is 13.3. The maximum Gasteiger partial charge on any atom is 0.255 e. The molecule has 0 saturated heterocycles. The minimum Gasteiger partial charge on any atom is -0.322 e. The number of fused-ring (bicyclic) bond motifs is 1. The summed E-state index contributed by atoms with van der Waals surface area (Å²) in [4.78, 5) is 21.9. The topological polar surface area (TPSA) is 72.2 Å². The van der Waals surface area contributed by atoms with Gasteiger partial charge in [-0.2, -0.15) is 14.6 Å². The third-order valence-electron chi connectivity index (χ3n) is 4.20. The second kappa shape index (κ2) is 8.40. The van der Waals surface area contributed by atoms with E-state index >= 15 is 0 Å². The van der Waals surface area contributed by atoms with E-state index in [0.29, 0.717) is 11.5 Å². The molecule has 2 aromatic heterocycles. The summed E-state index contributed by atoms with van der Waals surface area (Å²) in [5.74, 6) is -0.214. The Hall–Kier alpha value is -3.26. The number of hydrogen-bond donors (Lipinski definition) is 1. The Bertz CT molecular complexity index is 1160. The second-order valence-electron chi connectivity index (χ2n) is 6.40. The first-order chi connectivity index (χ1) is 14.1. The van der Waals surface area contributed by atoms with E-state index in [2.05, 4.69) is 27.3 Å². The van der Waals surface area contributed by atoms with Crippen molar-refractivity contribution in [2.75, 3.05) is 5.32 Å². The lowest BCUT2D eigenvalue weighted by Gasteiger charge is -2.08. The van der Waals surface area contributed by atoms with Crippen LogP contribution in [0.5, 0.6) is 0 Å². The van der Waals surface area contributed by atoms with Crippen molar-refractivity contribution >= 4 is 29.1 Å². The summed E-state index contributed by atoms with van der Waals surface area (Å²) in [5, 5.41) is 7.95. The molecule has 1 amide bonds. The maximum absolute atomic E-state index is 13.3. The molecule has 0 aliphatic heterocycles. The zero-order valence-corrected chi connectivity index (χ0v) is 16.5. The summed E-state index contributed by atoms with van der Waals surface area (Å²) in [6, 6.07) is 15.1. The molecule has 4 rings (SSSR count). The van der Waals surface area contributed by atoms with Crippen LogP contribution in [0.3, 0.4) is 0 Å². The van der Waals surface area contributed by atoms with Gasteiger partial charge >= 0.3 is 0 Å². The van der Waals surface area contributed by atoms with Crippen molar-refractivity contribution in [1.82, 2.24) is 19.6 Å². The number of benzene rings is 2. The summed E-state index contributed by atoms with van der Waals surface area (Å²) < 4.78 is 15.0.